The summed E-state index contributed by atoms with van der Waals surface area (Å²) in [6, 6.07) is -0.202. The third-order valence-corrected chi connectivity index (χ3v) is 2.75. The van der Waals surface area contributed by atoms with Crippen molar-refractivity contribution in [3.63, 3.8) is 0 Å². The van der Waals surface area contributed by atoms with E-state index in [-0.39, 0.29) is 37.9 Å². The molecule has 1 heterocycles. The van der Waals surface area contributed by atoms with E-state index in [1.54, 1.807) is 0 Å². The average Bonchev–Trinajstić information content (AvgIpc) is 2.28. The Kier molecular flexibility index (Phi) is 4.53. The van der Waals surface area contributed by atoms with Crippen LogP contribution in [0.25, 0.3) is 0 Å². The van der Waals surface area contributed by atoms with Gasteiger partial charge in [-0.1, -0.05) is 0 Å². The van der Waals surface area contributed by atoms with Gasteiger partial charge in [0, 0.05) is 26.1 Å². The zero-order valence-corrected chi connectivity index (χ0v) is 9.76. The van der Waals surface area contributed by atoms with E-state index >= 15 is 0 Å². The van der Waals surface area contributed by atoms with Crippen LogP contribution in [0.3, 0.4) is 0 Å². The fraction of sp³-hybridized carbons (Fsp3) is 0.800. The highest BCUT2D eigenvalue weighted by Crippen LogP contribution is 2.26. The van der Waals surface area contributed by atoms with Gasteiger partial charge in [-0.25, -0.2) is 8.78 Å². The Balaban J connectivity index is 2.53. The van der Waals surface area contributed by atoms with Crippen molar-refractivity contribution in [1.29, 1.82) is 0 Å². The number of carbonyl (C=O) groups is 2. The summed E-state index contributed by atoms with van der Waals surface area (Å²) in [6.45, 7) is 1.20. The number of nitrogens with zero attached hydrogens (tertiary/aromatic N) is 1. The Morgan fingerprint density at radius 1 is 1.28 bits per heavy atom. The van der Waals surface area contributed by atoms with Crippen LogP contribution in [0.5, 0.6) is 0 Å². The number of rotatable bonds is 3. The van der Waals surface area contributed by atoms with Crippen LogP contribution < -0.4 is 5.32 Å². The molecule has 0 unspecified atom stereocenters. The maximum Gasteiger partial charge on any atom is 0.383 e. The number of hydrogen-bond donors (Lipinski definition) is 1. The van der Waals surface area contributed by atoms with Gasteiger partial charge < -0.3 is 10.2 Å². The van der Waals surface area contributed by atoms with Gasteiger partial charge in [0.25, 0.3) is 5.91 Å². The second-order valence-corrected chi connectivity index (χ2v) is 4.19. The number of alkyl halides is 4. The lowest BCUT2D eigenvalue weighted by molar-refractivity contribution is -0.181. The van der Waals surface area contributed by atoms with Crippen molar-refractivity contribution >= 4 is 11.8 Å². The normalized spacial score (nSPS) is 18.0. The van der Waals surface area contributed by atoms with Gasteiger partial charge in [-0.15, -0.1) is 0 Å². The Morgan fingerprint density at radius 2 is 1.78 bits per heavy atom. The summed E-state index contributed by atoms with van der Waals surface area (Å²) in [4.78, 5) is 22.7. The molecule has 4 nitrogen and oxygen atoms in total. The molecule has 0 aromatic heterocycles. The topological polar surface area (TPSA) is 49.4 Å². The molecular weight excluding hydrogens is 256 g/mol. The Hall–Kier alpha value is -1.34. The molecule has 1 N–H and O–H groups in total. The minimum atomic E-state index is -4.64. The maximum atomic E-state index is 12.8. The highest BCUT2D eigenvalue weighted by Gasteiger charge is 2.51. The molecule has 0 aromatic carbocycles. The van der Waals surface area contributed by atoms with Gasteiger partial charge in [-0.05, 0) is 12.8 Å². The summed E-state index contributed by atoms with van der Waals surface area (Å²) in [6.07, 6.45) is -3.44. The van der Waals surface area contributed by atoms with Crippen molar-refractivity contribution in [1.82, 2.24) is 10.2 Å². The first-order valence-electron chi connectivity index (χ1n) is 5.47. The highest BCUT2D eigenvalue weighted by molar-refractivity contribution is 5.84. The lowest BCUT2D eigenvalue weighted by Gasteiger charge is -2.33. The lowest BCUT2D eigenvalue weighted by Crippen LogP contribution is -2.52. The van der Waals surface area contributed by atoms with Crippen molar-refractivity contribution in [3.05, 3.63) is 0 Å². The van der Waals surface area contributed by atoms with Crippen molar-refractivity contribution in [3.8, 4) is 0 Å². The third-order valence-electron chi connectivity index (χ3n) is 2.75. The van der Waals surface area contributed by atoms with Gasteiger partial charge in [-0.3, -0.25) is 9.59 Å². The van der Waals surface area contributed by atoms with Crippen LogP contribution in [-0.4, -0.2) is 48.2 Å². The van der Waals surface area contributed by atoms with Gasteiger partial charge in [0.1, 0.15) is 0 Å². The first-order chi connectivity index (χ1) is 8.25. The SMILES string of the molecule is CC(=O)NC1CCN(C(=O)C(F)(F)C(F)F)CC1. The van der Waals surface area contributed by atoms with E-state index in [9.17, 15) is 27.2 Å². The number of carbonyl (C=O) groups excluding carboxylic acids is 2. The van der Waals surface area contributed by atoms with E-state index in [2.05, 4.69) is 5.32 Å². The summed E-state index contributed by atoms with van der Waals surface area (Å²) in [5, 5.41) is 2.59. The molecule has 0 spiro atoms. The minimum Gasteiger partial charge on any atom is -0.353 e. The molecule has 0 aromatic rings. The van der Waals surface area contributed by atoms with Gasteiger partial charge in [0.2, 0.25) is 5.91 Å². The van der Waals surface area contributed by atoms with E-state index in [0.29, 0.717) is 4.90 Å². The maximum absolute atomic E-state index is 12.8. The van der Waals surface area contributed by atoms with Crippen LogP contribution in [0.4, 0.5) is 17.6 Å². The smallest absolute Gasteiger partial charge is 0.353 e. The average molecular weight is 270 g/mol. The predicted molar refractivity (Wildman–Crippen MR) is 54.4 cm³/mol. The first kappa shape index (κ1) is 14.7. The fourth-order valence-electron chi connectivity index (χ4n) is 1.82. The lowest BCUT2D eigenvalue weighted by atomic mass is 10.0. The van der Waals surface area contributed by atoms with Gasteiger partial charge >= 0.3 is 12.3 Å². The Morgan fingerprint density at radius 3 is 2.17 bits per heavy atom. The fourth-order valence-corrected chi connectivity index (χ4v) is 1.82. The molecule has 0 bridgehead atoms. The third kappa shape index (κ3) is 3.33. The summed E-state index contributed by atoms with van der Waals surface area (Å²) in [7, 11) is 0. The van der Waals surface area contributed by atoms with Crippen LogP contribution in [0, 0.1) is 0 Å². The summed E-state index contributed by atoms with van der Waals surface area (Å²) in [5.41, 5.74) is 0. The van der Waals surface area contributed by atoms with Crippen molar-refractivity contribution in [2.45, 2.75) is 38.2 Å². The molecule has 2 amide bonds. The van der Waals surface area contributed by atoms with E-state index in [0.717, 1.165) is 0 Å². The summed E-state index contributed by atoms with van der Waals surface area (Å²) >= 11 is 0. The highest BCUT2D eigenvalue weighted by atomic mass is 19.3. The molecule has 0 radical (unpaired) electrons. The molecule has 0 saturated carbocycles. The minimum absolute atomic E-state index is 0.0634. The number of amides is 2. The molecule has 18 heavy (non-hydrogen) atoms. The van der Waals surface area contributed by atoms with Crippen LogP contribution in [0.15, 0.2) is 0 Å². The van der Waals surface area contributed by atoms with E-state index in [1.807, 2.05) is 0 Å². The monoisotopic (exact) mass is 270 g/mol. The van der Waals surface area contributed by atoms with Crippen LogP contribution in [0.1, 0.15) is 19.8 Å². The van der Waals surface area contributed by atoms with E-state index < -0.39 is 18.3 Å². The first-order valence-corrected chi connectivity index (χ1v) is 5.47. The van der Waals surface area contributed by atoms with E-state index in [4.69, 9.17) is 0 Å². The standard InChI is InChI=1S/C10H14F4N2O2/c1-6(17)15-7-2-4-16(5-3-7)9(18)10(13,14)8(11)12/h7-8H,2-5H2,1H3,(H,15,17). The van der Waals surface area contributed by atoms with Crippen LogP contribution >= 0.6 is 0 Å². The van der Waals surface area contributed by atoms with Crippen molar-refractivity contribution in [2.75, 3.05) is 13.1 Å². The van der Waals surface area contributed by atoms with Crippen LogP contribution in [0.2, 0.25) is 0 Å². The molecule has 1 saturated heterocycles. The summed E-state index contributed by atoms with van der Waals surface area (Å²) in [5.74, 6) is -6.74. The number of likely N-dealkylation sites (tertiary alicyclic amines) is 1. The Labute approximate surface area is 101 Å². The zero-order valence-electron chi connectivity index (χ0n) is 9.76. The molecule has 1 rings (SSSR count). The van der Waals surface area contributed by atoms with Crippen molar-refractivity contribution < 1.29 is 27.2 Å². The van der Waals surface area contributed by atoms with Gasteiger partial charge in [0.15, 0.2) is 0 Å². The number of nitrogens with one attached hydrogen (secondary N) is 1. The molecule has 1 fully saturated rings. The Bertz CT molecular complexity index is 328. The van der Waals surface area contributed by atoms with Crippen LogP contribution in [-0.2, 0) is 9.59 Å². The largest absolute Gasteiger partial charge is 0.383 e. The quantitative estimate of drug-likeness (QED) is 0.778. The molecule has 1 aliphatic heterocycles. The molecular formula is C10H14F4N2O2. The summed E-state index contributed by atoms with van der Waals surface area (Å²) < 4.78 is 49.7. The van der Waals surface area contributed by atoms with Crippen molar-refractivity contribution in [2.24, 2.45) is 0 Å². The van der Waals surface area contributed by atoms with Gasteiger partial charge in [0.05, 0.1) is 0 Å². The second kappa shape index (κ2) is 5.53. The molecule has 1 aliphatic rings. The molecule has 104 valence electrons. The molecule has 8 heteroatoms. The van der Waals surface area contributed by atoms with E-state index in [1.165, 1.54) is 6.92 Å². The number of hydrogen-bond acceptors (Lipinski definition) is 2. The number of halogens is 4. The predicted octanol–water partition coefficient (Wildman–Crippen LogP) is 1.01. The van der Waals surface area contributed by atoms with Gasteiger partial charge in [-0.2, -0.15) is 8.78 Å². The number of piperidine rings is 1. The zero-order chi connectivity index (χ0) is 13.9. The second-order valence-electron chi connectivity index (χ2n) is 4.19. The molecule has 0 aliphatic carbocycles. The molecule has 0 atom stereocenters.